The van der Waals surface area contributed by atoms with E-state index in [-0.39, 0.29) is 0 Å². The molecule has 0 spiro atoms. The van der Waals surface area contributed by atoms with Gasteiger partial charge in [-0.05, 0) is 111 Å². The predicted octanol–water partition coefficient (Wildman–Crippen LogP) is 8.76. The van der Waals surface area contributed by atoms with Crippen molar-refractivity contribution < 1.29 is 18.9 Å². The van der Waals surface area contributed by atoms with Crippen molar-refractivity contribution >= 4 is 85.3 Å². The molecular formula is C24H20Br4O4. The van der Waals surface area contributed by atoms with Crippen molar-refractivity contribution in [1.82, 2.24) is 0 Å². The average Bonchev–Trinajstić information content (AvgIpc) is 2.79. The Balaban J connectivity index is 0.000000181. The lowest BCUT2D eigenvalue weighted by molar-refractivity contribution is 0.411. The fourth-order valence-corrected chi connectivity index (χ4v) is 5.49. The molecule has 168 valence electrons. The van der Waals surface area contributed by atoms with Crippen LogP contribution in [0, 0.1) is 0 Å². The van der Waals surface area contributed by atoms with E-state index in [1.54, 1.807) is 28.4 Å². The first-order valence-corrected chi connectivity index (χ1v) is 12.5. The third-order valence-electron chi connectivity index (χ3n) is 4.82. The molecule has 0 fully saturated rings. The van der Waals surface area contributed by atoms with E-state index in [9.17, 15) is 0 Å². The Morgan fingerprint density at radius 3 is 1.12 bits per heavy atom. The SMILES string of the molecule is COc1cc2c(Br)c(OC)ccc2cc1Br.COc1cc2c(Br)c(OC)ccc2cc1Br. The maximum absolute atomic E-state index is 5.27. The maximum Gasteiger partial charge on any atom is 0.133 e. The van der Waals surface area contributed by atoms with Crippen molar-refractivity contribution in [3.8, 4) is 23.0 Å². The monoisotopic (exact) mass is 688 g/mol. The van der Waals surface area contributed by atoms with Crippen LogP contribution < -0.4 is 18.9 Å². The molecule has 0 heterocycles. The summed E-state index contributed by atoms with van der Waals surface area (Å²) >= 11 is 14.0. The molecule has 0 aliphatic heterocycles. The zero-order chi connectivity index (χ0) is 23.4. The van der Waals surface area contributed by atoms with Crippen molar-refractivity contribution in [2.75, 3.05) is 28.4 Å². The minimum atomic E-state index is 0.807. The van der Waals surface area contributed by atoms with Gasteiger partial charge < -0.3 is 18.9 Å². The molecule has 0 amide bonds. The van der Waals surface area contributed by atoms with Crippen LogP contribution in [0.15, 0.2) is 66.4 Å². The van der Waals surface area contributed by atoms with E-state index in [1.807, 2.05) is 48.5 Å². The Hall–Kier alpha value is -1.48. The van der Waals surface area contributed by atoms with E-state index in [2.05, 4.69) is 63.7 Å². The molecule has 0 atom stereocenters. The number of hydrogen-bond donors (Lipinski definition) is 0. The second-order valence-corrected chi connectivity index (χ2v) is 9.87. The average molecular weight is 692 g/mol. The zero-order valence-corrected chi connectivity index (χ0v) is 24.1. The molecule has 8 heteroatoms. The predicted molar refractivity (Wildman–Crippen MR) is 145 cm³/mol. The summed E-state index contributed by atoms with van der Waals surface area (Å²) in [6.45, 7) is 0. The fourth-order valence-electron chi connectivity index (χ4n) is 3.16. The Morgan fingerprint density at radius 1 is 0.469 bits per heavy atom. The molecule has 4 aromatic rings. The first-order chi connectivity index (χ1) is 15.3. The molecule has 0 saturated carbocycles. The van der Waals surface area contributed by atoms with Gasteiger partial charge in [0.05, 0.1) is 46.3 Å². The van der Waals surface area contributed by atoms with Gasteiger partial charge in [0.15, 0.2) is 0 Å². The van der Waals surface area contributed by atoms with Crippen molar-refractivity contribution in [3.05, 3.63) is 66.4 Å². The molecule has 0 aliphatic rings. The molecular weight excluding hydrogens is 672 g/mol. The molecule has 0 unspecified atom stereocenters. The van der Waals surface area contributed by atoms with Crippen LogP contribution in [0.3, 0.4) is 0 Å². The number of ether oxygens (including phenoxy) is 4. The first-order valence-electron chi connectivity index (χ1n) is 9.34. The zero-order valence-electron chi connectivity index (χ0n) is 17.8. The van der Waals surface area contributed by atoms with Crippen LogP contribution in [0.2, 0.25) is 0 Å². The smallest absolute Gasteiger partial charge is 0.133 e. The molecule has 0 radical (unpaired) electrons. The molecule has 4 nitrogen and oxygen atoms in total. The highest BCUT2D eigenvalue weighted by molar-refractivity contribution is 9.11. The third kappa shape index (κ3) is 5.19. The van der Waals surface area contributed by atoms with Crippen molar-refractivity contribution in [2.24, 2.45) is 0 Å². The Morgan fingerprint density at radius 2 is 0.812 bits per heavy atom. The van der Waals surface area contributed by atoms with Gasteiger partial charge in [0.1, 0.15) is 23.0 Å². The Labute approximate surface area is 220 Å². The fraction of sp³-hybridized carbons (Fsp3) is 0.167. The number of hydrogen-bond acceptors (Lipinski definition) is 4. The standard InChI is InChI=1S/2C12H10Br2O2/c2*1-15-10-4-3-7-5-9(13)11(16-2)6-8(7)12(10)14/h2*3-6H,1-2H3. The van der Waals surface area contributed by atoms with Gasteiger partial charge in [-0.15, -0.1) is 0 Å². The first kappa shape index (κ1) is 25.1. The van der Waals surface area contributed by atoms with Crippen LogP contribution in [0.5, 0.6) is 23.0 Å². The molecule has 0 saturated heterocycles. The van der Waals surface area contributed by atoms with Gasteiger partial charge in [-0.2, -0.15) is 0 Å². The summed E-state index contributed by atoms with van der Waals surface area (Å²) in [5, 5.41) is 4.39. The second-order valence-electron chi connectivity index (χ2n) is 6.58. The Kier molecular flexibility index (Phi) is 8.72. The topological polar surface area (TPSA) is 36.9 Å². The molecule has 0 N–H and O–H groups in total. The van der Waals surface area contributed by atoms with Gasteiger partial charge in [0.2, 0.25) is 0 Å². The molecule has 4 aromatic carbocycles. The molecule has 4 rings (SSSR count). The van der Waals surface area contributed by atoms with Gasteiger partial charge in [-0.1, -0.05) is 12.1 Å². The molecule has 32 heavy (non-hydrogen) atoms. The van der Waals surface area contributed by atoms with Crippen molar-refractivity contribution in [1.29, 1.82) is 0 Å². The van der Waals surface area contributed by atoms with Gasteiger partial charge in [-0.3, -0.25) is 0 Å². The highest BCUT2D eigenvalue weighted by Crippen LogP contribution is 2.39. The lowest BCUT2D eigenvalue weighted by Gasteiger charge is -2.09. The molecule has 0 aromatic heterocycles. The highest BCUT2D eigenvalue weighted by atomic mass is 79.9. The van der Waals surface area contributed by atoms with Crippen LogP contribution in [-0.4, -0.2) is 28.4 Å². The number of methoxy groups -OCH3 is 4. The summed E-state index contributed by atoms with van der Waals surface area (Å²) < 4.78 is 24.8. The minimum absolute atomic E-state index is 0.807. The quantitative estimate of drug-likeness (QED) is 0.215. The number of rotatable bonds is 4. The summed E-state index contributed by atoms with van der Waals surface area (Å²) in [6, 6.07) is 15.9. The van der Waals surface area contributed by atoms with Crippen molar-refractivity contribution in [3.63, 3.8) is 0 Å². The van der Waals surface area contributed by atoms with E-state index in [1.165, 1.54) is 0 Å². The molecule has 0 bridgehead atoms. The summed E-state index contributed by atoms with van der Waals surface area (Å²) in [5.41, 5.74) is 0. The number of benzene rings is 4. The van der Waals surface area contributed by atoms with Crippen molar-refractivity contribution in [2.45, 2.75) is 0 Å². The van der Waals surface area contributed by atoms with E-state index in [0.29, 0.717) is 0 Å². The van der Waals surface area contributed by atoms with E-state index in [4.69, 9.17) is 18.9 Å². The van der Waals surface area contributed by atoms with E-state index in [0.717, 1.165) is 62.4 Å². The largest absolute Gasteiger partial charge is 0.496 e. The summed E-state index contributed by atoms with van der Waals surface area (Å²) in [7, 11) is 6.62. The minimum Gasteiger partial charge on any atom is -0.496 e. The van der Waals surface area contributed by atoms with Crippen LogP contribution in [0.25, 0.3) is 21.5 Å². The van der Waals surface area contributed by atoms with E-state index < -0.39 is 0 Å². The number of fused-ring (bicyclic) bond motifs is 2. The Bertz CT molecular complexity index is 1180. The van der Waals surface area contributed by atoms with E-state index >= 15 is 0 Å². The van der Waals surface area contributed by atoms with Gasteiger partial charge in [-0.25, -0.2) is 0 Å². The summed E-state index contributed by atoms with van der Waals surface area (Å²) in [4.78, 5) is 0. The van der Waals surface area contributed by atoms with Crippen LogP contribution in [0.4, 0.5) is 0 Å². The maximum atomic E-state index is 5.27. The summed E-state index contributed by atoms with van der Waals surface area (Å²) in [5.74, 6) is 3.25. The highest BCUT2D eigenvalue weighted by Gasteiger charge is 2.10. The summed E-state index contributed by atoms with van der Waals surface area (Å²) in [6.07, 6.45) is 0. The third-order valence-corrected chi connectivity index (χ3v) is 7.70. The van der Waals surface area contributed by atoms with Gasteiger partial charge in [0.25, 0.3) is 0 Å². The lowest BCUT2D eigenvalue weighted by atomic mass is 10.1. The van der Waals surface area contributed by atoms with Gasteiger partial charge in [0, 0.05) is 10.8 Å². The van der Waals surface area contributed by atoms with Gasteiger partial charge >= 0.3 is 0 Å². The normalized spacial score (nSPS) is 10.5. The number of halogens is 4. The lowest BCUT2D eigenvalue weighted by Crippen LogP contribution is -1.88. The molecule has 0 aliphatic carbocycles. The van der Waals surface area contributed by atoms with Crippen LogP contribution >= 0.6 is 63.7 Å². The second kappa shape index (κ2) is 11.1. The van der Waals surface area contributed by atoms with Crippen LogP contribution in [-0.2, 0) is 0 Å². The van der Waals surface area contributed by atoms with Crippen LogP contribution in [0.1, 0.15) is 0 Å².